The van der Waals surface area contributed by atoms with Crippen molar-refractivity contribution < 1.29 is 46.8 Å². The maximum Gasteiger partial charge on any atom is 0.389 e. The SMILES string of the molecule is C=C(CO)C(=O)OCCc1cc(CCOC(=O)C(=C)CO)cc(-c2ccc(C3CCC(CCCCC(F)(F)F)CC3)cc2F)c1. The van der Waals surface area contributed by atoms with Gasteiger partial charge in [0, 0.05) is 24.8 Å². The molecule has 1 saturated carbocycles. The van der Waals surface area contributed by atoms with Crippen molar-refractivity contribution in [2.45, 2.75) is 76.3 Å². The highest BCUT2D eigenvalue weighted by Gasteiger charge is 2.27. The molecule has 0 unspecified atom stereocenters. The zero-order valence-corrected chi connectivity index (χ0v) is 25.5. The molecular weight excluding hydrogens is 592 g/mol. The molecular formula is C35H42F4O6. The van der Waals surface area contributed by atoms with E-state index in [0.717, 1.165) is 48.8 Å². The molecule has 2 aromatic rings. The van der Waals surface area contributed by atoms with E-state index >= 15 is 4.39 Å². The van der Waals surface area contributed by atoms with E-state index in [1.54, 1.807) is 24.3 Å². The molecule has 0 aliphatic heterocycles. The van der Waals surface area contributed by atoms with E-state index in [9.17, 15) is 22.8 Å². The zero-order valence-electron chi connectivity index (χ0n) is 25.5. The summed E-state index contributed by atoms with van der Waals surface area (Å²) in [5.74, 6) is -1.21. The maximum atomic E-state index is 15.6. The van der Waals surface area contributed by atoms with Crippen LogP contribution in [0.25, 0.3) is 11.1 Å². The summed E-state index contributed by atoms with van der Waals surface area (Å²) in [7, 11) is 0. The predicted molar refractivity (Wildman–Crippen MR) is 163 cm³/mol. The number of rotatable bonds is 16. The lowest BCUT2D eigenvalue weighted by Crippen LogP contribution is -2.14. The first kappa shape index (κ1) is 36.0. The van der Waals surface area contributed by atoms with Crippen molar-refractivity contribution in [3.8, 4) is 11.1 Å². The fraction of sp³-hybridized carbons (Fsp3) is 0.486. The molecule has 246 valence electrons. The van der Waals surface area contributed by atoms with Crippen LogP contribution in [-0.4, -0.2) is 54.8 Å². The van der Waals surface area contributed by atoms with Crippen LogP contribution >= 0.6 is 0 Å². The Bertz CT molecular complexity index is 1280. The fourth-order valence-electron chi connectivity index (χ4n) is 5.63. The highest BCUT2D eigenvalue weighted by atomic mass is 19.4. The molecule has 0 saturated heterocycles. The summed E-state index contributed by atoms with van der Waals surface area (Å²) in [6.45, 7) is 5.89. The molecule has 0 radical (unpaired) electrons. The minimum atomic E-state index is -4.10. The molecule has 0 aromatic heterocycles. The Morgan fingerprint density at radius 1 is 0.822 bits per heavy atom. The number of aliphatic hydroxyl groups is 2. The second-order valence-corrected chi connectivity index (χ2v) is 11.7. The van der Waals surface area contributed by atoms with E-state index in [4.69, 9.17) is 19.7 Å². The van der Waals surface area contributed by atoms with Gasteiger partial charge in [0.1, 0.15) is 5.82 Å². The van der Waals surface area contributed by atoms with E-state index < -0.39 is 37.7 Å². The lowest BCUT2D eigenvalue weighted by Gasteiger charge is -2.29. The van der Waals surface area contributed by atoms with Gasteiger partial charge in [-0.1, -0.05) is 56.3 Å². The molecule has 1 aliphatic rings. The fourth-order valence-corrected chi connectivity index (χ4v) is 5.63. The van der Waals surface area contributed by atoms with Crippen molar-refractivity contribution in [2.24, 2.45) is 5.92 Å². The Kier molecular flexibility index (Phi) is 13.8. The molecule has 2 aromatic carbocycles. The monoisotopic (exact) mass is 634 g/mol. The van der Waals surface area contributed by atoms with Gasteiger partial charge in [0.15, 0.2) is 0 Å². The standard InChI is InChI=1S/C35H42F4O6/c1-23(21-40)33(42)44-15-12-26-17-27(13-16-45-34(43)24(2)22-41)19-30(18-26)31-11-10-29(20-32(31)36)28-8-6-25(7-9-28)5-3-4-14-35(37,38)39/h10-11,17-20,25,28,40-41H,1-9,12-16,21-22H2. The summed E-state index contributed by atoms with van der Waals surface area (Å²) in [4.78, 5) is 23.8. The van der Waals surface area contributed by atoms with Crippen molar-refractivity contribution in [3.63, 3.8) is 0 Å². The average molecular weight is 635 g/mol. The molecule has 1 fully saturated rings. The molecule has 0 heterocycles. The van der Waals surface area contributed by atoms with E-state index in [-0.39, 0.29) is 42.5 Å². The summed E-state index contributed by atoms with van der Waals surface area (Å²) < 4.78 is 63.2. The molecule has 10 heteroatoms. The minimum absolute atomic E-state index is 0.0124. The van der Waals surface area contributed by atoms with Gasteiger partial charge < -0.3 is 19.7 Å². The van der Waals surface area contributed by atoms with Crippen molar-refractivity contribution >= 4 is 11.9 Å². The molecule has 45 heavy (non-hydrogen) atoms. The number of unbranched alkanes of at least 4 members (excludes halogenated alkanes) is 1. The van der Waals surface area contributed by atoms with Crippen molar-refractivity contribution in [2.75, 3.05) is 26.4 Å². The molecule has 0 atom stereocenters. The lowest BCUT2D eigenvalue weighted by molar-refractivity contribution is -0.140. The average Bonchev–Trinajstić information content (AvgIpc) is 3.01. The Labute approximate surface area is 261 Å². The minimum Gasteiger partial charge on any atom is -0.462 e. The van der Waals surface area contributed by atoms with E-state index in [2.05, 4.69) is 13.2 Å². The third-order valence-corrected chi connectivity index (χ3v) is 8.20. The summed E-state index contributed by atoms with van der Waals surface area (Å²) in [6.07, 6.45) is 0.867. The number of carbonyl (C=O) groups excluding carboxylic acids is 2. The van der Waals surface area contributed by atoms with Gasteiger partial charge in [0.2, 0.25) is 0 Å². The number of hydrogen-bond donors (Lipinski definition) is 2. The van der Waals surface area contributed by atoms with Crippen LogP contribution in [-0.2, 0) is 31.9 Å². The Hall–Kier alpha value is -3.50. The van der Waals surface area contributed by atoms with E-state index in [1.807, 2.05) is 12.1 Å². The van der Waals surface area contributed by atoms with Crippen molar-refractivity contribution in [1.82, 2.24) is 0 Å². The number of benzene rings is 2. The summed E-state index contributed by atoms with van der Waals surface area (Å²) >= 11 is 0. The van der Waals surface area contributed by atoms with Gasteiger partial charge in [-0.15, -0.1) is 0 Å². The van der Waals surface area contributed by atoms with Crippen LogP contribution in [0.15, 0.2) is 60.7 Å². The van der Waals surface area contributed by atoms with Gasteiger partial charge >= 0.3 is 18.1 Å². The molecule has 1 aliphatic carbocycles. The van der Waals surface area contributed by atoms with E-state index in [1.165, 1.54) is 0 Å². The highest BCUT2D eigenvalue weighted by molar-refractivity contribution is 5.88. The Morgan fingerprint density at radius 2 is 1.38 bits per heavy atom. The Morgan fingerprint density at radius 3 is 1.87 bits per heavy atom. The number of ether oxygens (including phenoxy) is 2. The van der Waals surface area contributed by atoms with E-state index in [0.29, 0.717) is 36.3 Å². The van der Waals surface area contributed by atoms with Crippen molar-refractivity contribution in [1.29, 1.82) is 0 Å². The first-order chi connectivity index (χ1) is 21.4. The lowest BCUT2D eigenvalue weighted by atomic mass is 9.77. The molecule has 0 amide bonds. The van der Waals surface area contributed by atoms with Crippen LogP contribution in [0.2, 0.25) is 0 Å². The number of alkyl halides is 3. The third-order valence-electron chi connectivity index (χ3n) is 8.20. The summed E-state index contributed by atoms with van der Waals surface area (Å²) in [6, 6.07) is 10.7. The molecule has 6 nitrogen and oxygen atoms in total. The van der Waals surface area contributed by atoms with Crippen LogP contribution in [0.3, 0.4) is 0 Å². The highest BCUT2D eigenvalue weighted by Crippen LogP contribution is 2.39. The molecule has 2 N–H and O–H groups in total. The summed E-state index contributed by atoms with van der Waals surface area (Å²) in [5, 5.41) is 18.1. The topological polar surface area (TPSA) is 93.1 Å². The zero-order chi connectivity index (χ0) is 33.0. The first-order valence-electron chi connectivity index (χ1n) is 15.3. The van der Waals surface area contributed by atoms with Gasteiger partial charge in [0.25, 0.3) is 0 Å². The normalized spacial score (nSPS) is 16.7. The molecule has 0 spiro atoms. The second-order valence-electron chi connectivity index (χ2n) is 11.7. The smallest absolute Gasteiger partial charge is 0.389 e. The van der Waals surface area contributed by atoms with Crippen LogP contribution in [0, 0.1) is 11.7 Å². The first-order valence-corrected chi connectivity index (χ1v) is 15.3. The third kappa shape index (κ3) is 11.7. The second kappa shape index (κ2) is 17.3. The quantitative estimate of drug-likeness (QED) is 0.0882. The number of aliphatic hydroxyl groups excluding tert-OH is 2. The van der Waals surface area contributed by atoms with Crippen LogP contribution in [0.5, 0.6) is 0 Å². The van der Waals surface area contributed by atoms with Crippen LogP contribution in [0.4, 0.5) is 17.6 Å². The van der Waals surface area contributed by atoms with Crippen molar-refractivity contribution in [3.05, 3.63) is 83.2 Å². The largest absolute Gasteiger partial charge is 0.462 e. The molecule has 3 rings (SSSR count). The number of hydrogen-bond acceptors (Lipinski definition) is 6. The van der Waals surface area contributed by atoms with Crippen LogP contribution < -0.4 is 0 Å². The van der Waals surface area contributed by atoms with Gasteiger partial charge in [-0.05, 0) is 72.3 Å². The van der Waals surface area contributed by atoms with Crippen LogP contribution in [0.1, 0.15) is 74.0 Å². The number of carbonyl (C=O) groups is 2. The van der Waals surface area contributed by atoms with Gasteiger partial charge in [-0.3, -0.25) is 0 Å². The van der Waals surface area contributed by atoms with Gasteiger partial charge in [-0.2, -0.15) is 13.2 Å². The summed E-state index contributed by atoms with van der Waals surface area (Å²) in [5.41, 5.74) is 3.28. The van der Waals surface area contributed by atoms with Gasteiger partial charge in [-0.25, -0.2) is 14.0 Å². The number of esters is 2. The predicted octanol–water partition coefficient (Wildman–Crippen LogP) is 7.16. The molecule has 0 bridgehead atoms. The van der Waals surface area contributed by atoms with Gasteiger partial charge in [0.05, 0.1) is 37.6 Å². The Balaban J connectivity index is 1.69. The maximum absolute atomic E-state index is 15.6. The number of halogens is 4.